The number of ether oxygens (including phenoxy) is 2. The van der Waals surface area contributed by atoms with Gasteiger partial charge in [0.25, 0.3) is 5.91 Å². The molecule has 25 heavy (non-hydrogen) atoms. The van der Waals surface area contributed by atoms with E-state index in [1.165, 1.54) is 6.08 Å². The molecular weight excluding hydrogens is 320 g/mol. The standard InChI is InChI=1S/C19H24N2O4/c1-2-17(22)21-15-6-3-5-14(11-15)18(23)20-12-16-7-9-19(25-16)8-4-10-24-13-19/h2-3,5-6,11,16H,1,4,7-10,12-13H2,(H,20,23)(H,21,22). The van der Waals surface area contributed by atoms with E-state index in [0.29, 0.717) is 24.4 Å². The molecule has 1 aromatic carbocycles. The van der Waals surface area contributed by atoms with E-state index in [1.807, 2.05) is 0 Å². The van der Waals surface area contributed by atoms with Crippen LogP contribution in [0.5, 0.6) is 0 Å². The Morgan fingerprint density at radius 3 is 3.00 bits per heavy atom. The topological polar surface area (TPSA) is 76.7 Å². The minimum atomic E-state index is -0.308. The quantitative estimate of drug-likeness (QED) is 0.804. The maximum absolute atomic E-state index is 12.4. The van der Waals surface area contributed by atoms with Gasteiger partial charge in [-0.15, -0.1) is 0 Å². The van der Waals surface area contributed by atoms with Gasteiger partial charge in [-0.3, -0.25) is 9.59 Å². The number of nitrogens with one attached hydrogen (secondary N) is 2. The highest BCUT2D eigenvalue weighted by molar-refractivity contribution is 6.00. The van der Waals surface area contributed by atoms with E-state index in [2.05, 4.69) is 17.2 Å². The van der Waals surface area contributed by atoms with Crippen molar-refractivity contribution < 1.29 is 19.1 Å². The van der Waals surface area contributed by atoms with Gasteiger partial charge in [-0.2, -0.15) is 0 Å². The normalized spacial score (nSPS) is 25.5. The fourth-order valence-electron chi connectivity index (χ4n) is 3.40. The van der Waals surface area contributed by atoms with E-state index in [9.17, 15) is 9.59 Å². The second-order valence-electron chi connectivity index (χ2n) is 6.60. The van der Waals surface area contributed by atoms with Crippen molar-refractivity contribution in [2.24, 2.45) is 0 Å². The van der Waals surface area contributed by atoms with E-state index in [-0.39, 0.29) is 23.5 Å². The monoisotopic (exact) mass is 344 g/mol. The molecule has 0 bridgehead atoms. The first-order valence-corrected chi connectivity index (χ1v) is 8.67. The molecule has 2 fully saturated rings. The minimum absolute atomic E-state index is 0.0225. The van der Waals surface area contributed by atoms with Crippen LogP contribution < -0.4 is 10.6 Å². The molecule has 2 atom stereocenters. The van der Waals surface area contributed by atoms with Gasteiger partial charge < -0.3 is 20.1 Å². The first kappa shape index (κ1) is 17.6. The lowest BCUT2D eigenvalue weighted by molar-refractivity contribution is -0.119. The van der Waals surface area contributed by atoms with E-state index in [0.717, 1.165) is 32.3 Å². The lowest BCUT2D eigenvalue weighted by Crippen LogP contribution is -2.40. The van der Waals surface area contributed by atoms with Crippen LogP contribution in [0.4, 0.5) is 5.69 Å². The SMILES string of the molecule is C=CC(=O)Nc1cccc(C(=O)NCC2CCC3(CCCOC3)O2)c1. The number of rotatable bonds is 5. The van der Waals surface area contributed by atoms with Crippen LogP contribution in [-0.2, 0) is 14.3 Å². The average Bonchev–Trinajstić information content (AvgIpc) is 3.02. The van der Waals surface area contributed by atoms with Crippen LogP contribution >= 0.6 is 0 Å². The lowest BCUT2D eigenvalue weighted by Gasteiger charge is -2.33. The van der Waals surface area contributed by atoms with Crippen LogP contribution in [0, 0.1) is 0 Å². The summed E-state index contributed by atoms with van der Waals surface area (Å²) in [5.41, 5.74) is 0.909. The largest absolute Gasteiger partial charge is 0.378 e. The molecule has 2 aliphatic heterocycles. The second-order valence-corrected chi connectivity index (χ2v) is 6.60. The number of carbonyl (C=O) groups is 2. The molecule has 1 spiro atoms. The van der Waals surface area contributed by atoms with Crippen LogP contribution in [0.1, 0.15) is 36.0 Å². The zero-order chi connectivity index (χ0) is 17.7. The summed E-state index contributed by atoms with van der Waals surface area (Å²) in [4.78, 5) is 23.7. The Hall–Kier alpha value is -2.18. The van der Waals surface area contributed by atoms with Crippen molar-refractivity contribution in [3.05, 3.63) is 42.5 Å². The summed E-state index contributed by atoms with van der Waals surface area (Å²) >= 11 is 0. The van der Waals surface area contributed by atoms with Gasteiger partial charge in [0.2, 0.25) is 5.91 Å². The van der Waals surface area contributed by atoms with Gasteiger partial charge in [-0.05, 0) is 50.0 Å². The molecule has 0 aliphatic carbocycles. The summed E-state index contributed by atoms with van der Waals surface area (Å²) in [6.45, 7) is 5.35. The zero-order valence-electron chi connectivity index (χ0n) is 14.3. The predicted molar refractivity (Wildman–Crippen MR) is 94.5 cm³/mol. The van der Waals surface area contributed by atoms with Crippen molar-refractivity contribution in [2.45, 2.75) is 37.4 Å². The molecule has 2 heterocycles. The fraction of sp³-hybridized carbons (Fsp3) is 0.474. The Kier molecular flexibility index (Phi) is 5.50. The Morgan fingerprint density at radius 1 is 1.36 bits per heavy atom. The van der Waals surface area contributed by atoms with Crippen molar-refractivity contribution in [2.75, 3.05) is 25.1 Å². The summed E-state index contributed by atoms with van der Waals surface area (Å²) < 4.78 is 11.7. The highest BCUT2D eigenvalue weighted by Crippen LogP contribution is 2.36. The van der Waals surface area contributed by atoms with Crippen molar-refractivity contribution in [1.29, 1.82) is 0 Å². The van der Waals surface area contributed by atoms with Gasteiger partial charge >= 0.3 is 0 Å². The molecular formula is C19H24N2O4. The van der Waals surface area contributed by atoms with E-state index in [1.54, 1.807) is 24.3 Å². The molecule has 2 aliphatic rings. The maximum atomic E-state index is 12.4. The molecule has 2 amide bonds. The van der Waals surface area contributed by atoms with Crippen LogP contribution in [0.3, 0.4) is 0 Å². The summed E-state index contributed by atoms with van der Waals surface area (Å²) in [5.74, 6) is -0.490. The summed E-state index contributed by atoms with van der Waals surface area (Å²) in [7, 11) is 0. The summed E-state index contributed by atoms with van der Waals surface area (Å²) in [6, 6.07) is 6.81. The zero-order valence-corrected chi connectivity index (χ0v) is 14.3. The predicted octanol–water partition coefficient (Wildman–Crippen LogP) is 2.27. The number of carbonyl (C=O) groups excluding carboxylic acids is 2. The number of anilines is 1. The molecule has 6 nitrogen and oxygen atoms in total. The summed E-state index contributed by atoms with van der Waals surface area (Å²) in [6.07, 6.45) is 5.18. The van der Waals surface area contributed by atoms with Crippen LogP contribution in [0.2, 0.25) is 0 Å². The number of hydrogen-bond acceptors (Lipinski definition) is 4. The maximum Gasteiger partial charge on any atom is 0.251 e. The van der Waals surface area contributed by atoms with Crippen LogP contribution in [-0.4, -0.2) is 43.3 Å². The Labute approximate surface area is 147 Å². The fourth-order valence-corrected chi connectivity index (χ4v) is 3.40. The molecule has 0 radical (unpaired) electrons. The molecule has 3 rings (SSSR count). The van der Waals surface area contributed by atoms with Crippen molar-refractivity contribution in [3.63, 3.8) is 0 Å². The van der Waals surface area contributed by atoms with Gasteiger partial charge in [-0.25, -0.2) is 0 Å². The molecule has 0 aromatic heterocycles. The lowest BCUT2D eigenvalue weighted by atomic mass is 9.93. The van der Waals surface area contributed by atoms with Crippen LogP contribution in [0.25, 0.3) is 0 Å². The first-order chi connectivity index (χ1) is 12.1. The third kappa shape index (κ3) is 4.46. The molecule has 2 saturated heterocycles. The Morgan fingerprint density at radius 2 is 2.24 bits per heavy atom. The smallest absolute Gasteiger partial charge is 0.251 e. The molecule has 6 heteroatoms. The van der Waals surface area contributed by atoms with Gasteiger partial charge in [0.15, 0.2) is 0 Å². The first-order valence-electron chi connectivity index (χ1n) is 8.67. The van der Waals surface area contributed by atoms with Gasteiger partial charge in [0, 0.05) is 24.4 Å². The van der Waals surface area contributed by atoms with Crippen molar-refractivity contribution in [1.82, 2.24) is 5.32 Å². The third-order valence-corrected chi connectivity index (χ3v) is 4.69. The highest BCUT2D eigenvalue weighted by atomic mass is 16.6. The van der Waals surface area contributed by atoms with Crippen molar-refractivity contribution >= 4 is 17.5 Å². The van der Waals surface area contributed by atoms with Crippen LogP contribution in [0.15, 0.2) is 36.9 Å². The molecule has 0 saturated carbocycles. The molecule has 134 valence electrons. The Balaban J connectivity index is 1.52. The van der Waals surface area contributed by atoms with Gasteiger partial charge in [0.05, 0.1) is 18.3 Å². The third-order valence-electron chi connectivity index (χ3n) is 4.69. The highest BCUT2D eigenvalue weighted by Gasteiger charge is 2.41. The van der Waals surface area contributed by atoms with Gasteiger partial charge in [-0.1, -0.05) is 12.6 Å². The van der Waals surface area contributed by atoms with E-state index in [4.69, 9.17) is 9.47 Å². The molecule has 2 unspecified atom stereocenters. The van der Waals surface area contributed by atoms with Gasteiger partial charge in [0.1, 0.15) is 0 Å². The summed E-state index contributed by atoms with van der Waals surface area (Å²) in [5, 5.41) is 5.57. The molecule has 1 aromatic rings. The number of benzene rings is 1. The van der Waals surface area contributed by atoms with E-state index >= 15 is 0 Å². The average molecular weight is 344 g/mol. The second kappa shape index (κ2) is 7.80. The Bertz CT molecular complexity index is 653. The minimum Gasteiger partial charge on any atom is -0.378 e. The number of amides is 2. The van der Waals surface area contributed by atoms with E-state index < -0.39 is 0 Å². The van der Waals surface area contributed by atoms with Crippen molar-refractivity contribution in [3.8, 4) is 0 Å². The molecule has 2 N–H and O–H groups in total. The number of hydrogen-bond donors (Lipinski definition) is 2.